The summed E-state index contributed by atoms with van der Waals surface area (Å²) >= 11 is 0. The number of halogens is 3. The zero-order valence-corrected chi connectivity index (χ0v) is 10.6. The van der Waals surface area contributed by atoms with Crippen LogP contribution in [0.5, 0.6) is 0 Å². The van der Waals surface area contributed by atoms with Gasteiger partial charge in [-0.3, -0.25) is 0 Å². The molecule has 0 aliphatic heterocycles. The van der Waals surface area contributed by atoms with E-state index in [1.165, 1.54) is 0 Å². The molecular weight excluding hydrogens is 231 g/mol. The van der Waals surface area contributed by atoms with Crippen LogP contribution >= 0.6 is 0 Å². The molecule has 0 atom stereocenters. The lowest BCUT2D eigenvalue weighted by Crippen LogP contribution is -2.15. The third-order valence-electron chi connectivity index (χ3n) is 2.35. The molecule has 0 spiro atoms. The minimum absolute atomic E-state index is 0.207. The molecule has 0 aromatic rings. The summed E-state index contributed by atoms with van der Waals surface area (Å²) in [6.07, 6.45) is 0.333. The summed E-state index contributed by atoms with van der Waals surface area (Å²) in [6.45, 7) is 4.45. The highest BCUT2D eigenvalue weighted by Gasteiger charge is 2.26. The van der Waals surface area contributed by atoms with E-state index in [-0.39, 0.29) is 6.61 Å². The third-order valence-corrected chi connectivity index (χ3v) is 2.35. The smallest absolute Gasteiger partial charge is 0.381 e. The van der Waals surface area contributed by atoms with Crippen LogP contribution in [0.25, 0.3) is 0 Å². The van der Waals surface area contributed by atoms with E-state index in [4.69, 9.17) is 4.74 Å². The van der Waals surface area contributed by atoms with Crippen LogP contribution in [0.15, 0.2) is 0 Å². The second-order valence-electron chi connectivity index (χ2n) is 4.14. The van der Waals surface area contributed by atoms with E-state index < -0.39 is 12.6 Å². The summed E-state index contributed by atoms with van der Waals surface area (Å²) in [6, 6.07) is 0. The molecule has 0 saturated carbocycles. The number of hydrogen-bond donors (Lipinski definition) is 1. The first kappa shape index (κ1) is 16.7. The SMILES string of the molecule is CCCNCCCCCCOCCC(F)(F)F. The summed E-state index contributed by atoms with van der Waals surface area (Å²) in [5.41, 5.74) is 0. The summed E-state index contributed by atoms with van der Waals surface area (Å²) in [5.74, 6) is 0. The van der Waals surface area contributed by atoms with E-state index in [9.17, 15) is 13.2 Å². The van der Waals surface area contributed by atoms with Crippen molar-refractivity contribution >= 4 is 0 Å². The predicted octanol–water partition coefficient (Wildman–Crippen LogP) is 3.52. The Morgan fingerprint density at radius 1 is 0.941 bits per heavy atom. The largest absolute Gasteiger partial charge is 0.391 e. The zero-order valence-electron chi connectivity index (χ0n) is 10.6. The van der Waals surface area contributed by atoms with Gasteiger partial charge in [0.1, 0.15) is 0 Å². The fourth-order valence-corrected chi connectivity index (χ4v) is 1.40. The monoisotopic (exact) mass is 255 g/mol. The highest BCUT2D eigenvalue weighted by molar-refractivity contribution is 4.50. The lowest BCUT2D eigenvalue weighted by atomic mass is 10.2. The fourth-order valence-electron chi connectivity index (χ4n) is 1.40. The molecule has 0 radical (unpaired) electrons. The van der Waals surface area contributed by atoms with Gasteiger partial charge < -0.3 is 10.1 Å². The molecule has 0 unspecified atom stereocenters. The van der Waals surface area contributed by atoms with E-state index in [1.54, 1.807) is 0 Å². The number of alkyl halides is 3. The van der Waals surface area contributed by atoms with Gasteiger partial charge in [0.05, 0.1) is 13.0 Å². The van der Waals surface area contributed by atoms with Crippen LogP contribution < -0.4 is 5.32 Å². The lowest BCUT2D eigenvalue weighted by molar-refractivity contribution is -0.145. The Balaban J connectivity index is 2.99. The summed E-state index contributed by atoms with van der Waals surface area (Å²) in [5, 5.41) is 3.31. The van der Waals surface area contributed by atoms with Gasteiger partial charge in [-0.15, -0.1) is 0 Å². The molecule has 5 heteroatoms. The first-order chi connectivity index (χ1) is 8.06. The second-order valence-corrected chi connectivity index (χ2v) is 4.14. The van der Waals surface area contributed by atoms with Crippen molar-refractivity contribution < 1.29 is 17.9 Å². The Morgan fingerprint density at radius 2 is 1.65 bits per heavy atom. The molecule has 1 N–H and O–H groups in total. The van der Waals surface area contributed by atoms with Gasteiger partial charge in [0.2, 0.25) is 0 Å². The molecule has 0 bridgehead atoms. The van der Waals surface area contributed by atoms with Crippen molar-refractivity contribution in [3.63, 3.8) is 0 Å². The van der Waals surface area contributed by atoms with Gasteiger partial charge in [-0.1, -0.05) is 19.8 Å². The van der Waals surface area contributed by atoms with E-state index in [0.29, 0.717) is 6.61 Å². The van der Waals surface area contributed by atoms with Crippen molar-refractivity contribution in [1.82, 2.24) is 5.32 Å². The number of hydrogen-bond acceptors (Lipinski definition) is 2. The molecule has 0 aliphatic carbocycles. The van der Waals surface area contributed by atoms with Crippen molar-refractivity contribution in [3.8, 4) is 0 Å². The maximum absolute atomic E-state index is 11.7. The summed E-state index contributed by atoms with van der Waals surface area (Å²) < 4.78 is 40.2. The van der Waals surface area contributed by atoms with Gasteiger partial charge in [0.25, 0.3) is 0 Å². The summed E-state index contributed by atoms with van der Waals surface area (Å²) in [4.78, 5) is 0. The maximum atomic E-state index is 11.7. The van der Waals surface area contributed by atoms with Crippen LogP contribution in [0.3, 0.4) is 0 Å². The van der Waals surface area contributed by atoms with Crippen LogP contribution in [0, 0.1) is 0 Å². The topological polar surface area (TPSA) is 21.3 Å². The Kier molecular flexibility index (Phi) is 10.7. The van der Waals surface area contributed by atoms with Gasteiger partial charge in [0.15, 0.2) is 0 Å². The van der Waals surface area contributed by atoms with Gasteiger partial charge in [-0.25, -0.2) is 0 Å². The van der Waals surface area contributed by atoms with E-state index in [1.807, 2.05) is 0 Å². The standard InChI is InChI=1S/C12H24F3NO/c1-2-8-16-9-5-3-4-6-10-17-11-7-12(13,14)15/h16H,2-11H2,1H3. The van der Waals surface area contributed by atoms with E-state index in [0.717, 1.165) is 45.2 Å². The number of unbranched alkanes of at least 4 members (excludes halogenated alkanes) is 3. The van der Waals surface area contributed by atoms with Gasteiger partial charge in [-0.05, 0) is 32.4 Å². The number of nitrogens with one attached hydrogen (secondary N) is 1. The molecule has 104 valence electrons. The molecule has 0 rings (SSSR count). The van der Waals surface area contributed by atoms with Crippen molar-refractivity contribution in [2.24, 2.45) is 0 Å². The number of ether oxygens (including phenoxy) is 1. The molecule has 0 aliphatic rings. The van der Waals surface area contributed by atoms with Crippen molar-refractivity contribution in [2.45, 2.75) is 51.6 Å². The molecule has 2 nitrogen and oxygen atoms in total. The molecule has 0 fully saturated rings. The van der Waals surface area contributed by atoms with Crippen molar-refractivity contribution in [2.75, 3.05) is 26.3 Å². The van der Waals surface area contributed by atoms with Crippen LogP contribution in [0.4, 0.5) is 13.2 Å². The van der Waals surface area contributed by atoms with E-state index >= 15 is 0 Å². The van der Waals surface area contributed by atoms with Gasteiger partial charge >= 0.3 is 6.18 Å². The molecule has 0 aromatic heterocycles. The first-order valence-corrected chi connectivity index (χ1v) is 6.41. The lowest BCUT2D eigenvalue weighted by Gasteiger charge is -2.07. The highest BCUT2D eigenvalue weighted by Crippen LogP contribution is 2.18. The van der Waals surface area contributed by atoms with Crippen LogP contribution in [0.1, 0.15) is 45.4 Å². The molecular formula is C12H24F3NO. The predicted molar refractivity (Wildman–Crippen MR) is 63.1 cm³/mol. The Hall–Kier alpha value is -0.290. The quantitative estimate of drug-likeness (QED) is 0.570. The molecule has 0 amide bonds. The fraction of sp³-hybridized carbons (Fsp3) is 1.00. The van der Waals surface area contributed by atoms with Crippen LogP contribution in [-0.4, -0.2) is 32.5 Å². The van der Waals surface area contributed by atoms with Crippen molar-refractivity contribution in [1.29, 1.82) is 0 Å². The zero-order chi connectivity index (χ0) is 13.0. The Labute approximate surface area is 102 Å². The average Bonchev–Trinajstić information content (AvgIpc) is 2.24. The molecule has 0 heterocycles. The Morgan fingerprint density at radius 3 is 2.29 bits per heavy atom. The Bertz CT molecular complexity index is 162. The van der Waals surface area contributed by atoms with Crippen LogP contribution in [0.2, 0.25) is 0 Å². The highest BCUT2D eigenvalue weighted by atomic mass is 19.4. The first-order valence-electron chi connectivity index (χ1n) is 6.41. The molecule has 17 heavy (non-hydrogen) atoms. The molecule has 0 saturated heterocycles. The summed E-state index contributed by atoms with van der Waals surface area (Å²) in [7, 11) is 0. The maximum Gasteiger partial charge on any atom is 0.391 e. The van der Waals surface area contributed by atoms with Crippen molar-refractivity contribution in [3.05, 3.63) is 0 Å². The third kappa shape index (κ3) is 15.7. The minimum atomic E-state index is -4.09. The normalized spacial score (nSPS) is 12.0. The minimum Gasteiger partial charge on any atom is -0.381 e. The van der Waals surface area contributed by atoms with E-state index in [2.05, 4.69) is 12.2 Å². The number of rotatable bonds is 11. The molecule has 0 aromatic carbocycles. The second kappa shape index (κ2) is 10.8. The van der Waals surface area contributed by atoms with Gasteiger partial charge in [-0.2, -0.15) is 13.2 Å². The van der Waals surface area contributed by atoms with Crippen LogP contribution in [-0.2, 0) is 4.74 Å². The average molecular weight is 255 g/mol. The van der Waals surface area contributed by atoms with Gasteiger partial charge in [0, 0.05) is 6.61 Å².